The van der Waals surface area contributed by atoms with E-state index in [2.05, 4.69) is 37.5 Å². The van der Waals surface area contributed by atoms with Gasteiger partial charge in [0.2, 0.25) is 5.43 Å². The van der Waals surface area contributed by atoms with Crippen molar-refractivity contribution in [2.24, 2.45) is 0 Å². The van der Waals surface area contributed by atoms with E-state index in [0.29, 0.717) is 18.5 Å². The SMILES string of the molecule is CCCSc1nc2c(=O)c3c(sc2n1-c1ccccc1)COC(C)(CC)C3. The minimum Gasteiger partial charge on any atom is -0.369 e. The van der Waals surface area contributed by atoms with Crippen molar-refractivity contribution in [2.45, 2.75) is 57.4 Å². The maximum atomic E-state index is 13.3. The largest absolute Gasteiger partial charge is 0.369 e. The number of benzene rings is 1. The lowest BCUT2D eigenvalue weighted by atomic mass is 9.91. The van der Waals surface area contributed by atoms with Gasteiger partial charge in [0.05, 0.1) is 12.2 Å². The molecule has 0 aliphatic carbocycles. The molecule has 2 aromatic heterocycles. The predicted molar refractivity (Wildman–Crippen MR) is 113 cm³/mol. The molecule has 0 saturated carbocycles. The zero-order valence-corrected chi connectivity index (χ0v) is 17.6. The number of hydrogen-bond acceptors (Lipinski definition) is 5. The van der Waals surface area contributed by atoms with Gasteiger partial charge in [-0.2, -0.15) is 0 Å². The Balaban J connectivity index is 1.94. The Kier molecular flexibility index (Phi) is 5.14. The monoisotopic (exact) mass is 400 g/mol. The Morgan fingerprint density at radius 2 is 2.07 bits per heavy atom. The van der Waals surface area contributed by atoms with Gasteiger partial charge in [0.15, 0.2) is 5.16 Å². The smallest absolute Gasteiger partial charge is 0.211 e. The lowest BCUT2D eigenvalue weighted by molar-refractivity contribution is -0.0550. The molecule has 0 bridgehead atoms. The number of ether oxygens (including phenoxy) is 1. The summed E-state index contributed by atoms with van der Waals surface area (Å²) in [6.45, 7) is 6.87. The van der Waals surface area contributed by atoms with E-state index in [1.807, 2.05) is 18.2 Å². The van der Waals surface area contributed by atoms with Crippen molar-refractivity contribution >= 4 is 33.4 Å². The number of imidazole rings is 1. The van der Waals surface area contributed by atoms with Crippen molar-refractivity contribution in [1.82, 2.24) is 9.55 Å². The molecule has 0 N–H and O–H groups in total. The van der Waals surface area contributed by atoms with Crippen LogP contribution >= 0.6 is 23.1 Å². The van der Waals surface area contributed by atoms with Crippen molar-refractivity contribution in [1.29, 1.82) is 0 Å². The molecule has 0 saturated heterocycles. The number of hydrogen-bond donors (Lipinski definition) is 0. The first-order valence-electron chi connectivity index (χ1n) is 9.46. The molecule has 1 aromatic carbocycles. The molecule has 1 aliphatic rings. The summed E-state index contributed by atoms with van der Waals surface area (Å²) in [4.78, 5) is 20.1. The molecular formula is C21H24N2O2S2. The van der Waals surface area contributed by atoms with Crippen molar-refractivity contribution < 1.29 is 4.74 Å². The molecule has 1 atom stereocenters. The fraction of sp³-hybridized carbons (Fsp3) is 0.429. The summed E-state index contributed by atoms with van der Waals surface area (Å²) in [6, 6.07) is 10.2. The van der Waals surface area contributed by atoms with Gasteiger partial charge in [-0.15, -0.1) is 11.3 Å². The van der Waals surface area contributed by atoms with Gasteiger partial charge in [0, 0.05) is 28.3 Å². The Bertz CT molecular complexity index is 1030. The molecule has 1 aliphatic heterocycles. The van der Waals surface area contributed by atoms with Crippen molar-refractivity contribution in [2.75, 3.05) is 5.75 Å². The summed E-state index contributed by atoms with van der Waals surface area (Å²) >= 11 is 3.36. The van der Waals surface area contributed by atoms with Crippen LogP contribution in [0.3, 0.4) is 0 Å². The van der Waals surface area contributed by atoms with E-state index in [0.717, 1.165) is 44.7 Å². The van der Waals surface area contributed by atoms with Gasteiger partial charge < -0.3 is 4.74 Å². The molecule has 4 rings (SSSR count). The zero-order chi connectivity index (χ0) is 19.0. The normalized spacial score (nSPS) is 19.4. The molecule has 3 heterocycles. The summed E-state index contributed by atoms with van der Waals surface area (Å²) in [7, 11) is 0. The van der Waals surface area contributed by atoms with Crippen LogP contribution in [-0.4, -0.2) is 20.9 Å². The van der Waals surface area contributed by atoms with E-state index in [1.165, 1.54) is 0 Å². The van der Waals surface area contributed by atoms with E-state index in [4.69, 9.17) is 9.72 Å². The van der Waals surface area contributed by atoms with E-state index >= 15 is 0 Å². The lowest BCUT2D eigenvalue weighted by Gasteiger charge is -2.33. The minimum atomic E-state index is -0.256. The molecule has 142 valence electrons. The molecule has 1 unspecified atom stereocenters. The van der Waals surface area contributed by atoms with E-state index in [1.54, 1.807) is 23.1 Å². The summed E-state index contributed by atoms with van der Waals surface area (Å²) < 4.78 is 8.23. The highest BCUT2D eigenvalue weighted by atomic mass is 32.2. The van der Waals surface area contributed by atoms with Crippen LogP contribution in [0, 0.1) is 0 Å². The van der Waals surface area contributed by atoms with Gasteiger partial charge in [-0.05, 0) is 31.9 Å². The number of thioether (sulfide) groups is 1. The first kappa shape index (κ1) is 18.7. The van der Waals surface area contributed by atoms with Crippen LogP contribution in [0.25, 0.3) is 16.0 Å². The molecule has 27 heavy (non-hydrogen) atoms. The van der Waals surface area contributed by atoms with Gasteiger partial charge in [-0.25, -0.2) is 4.98 Å². The van der Waals surface area contributed by atoms with Crippen LogP contribution in [0.15, 0.2) is 40.3 Å². The average molecular weight is 401 g/mol. The van der Waals surface area contributed by atoms with Crippen LogP contribution in [0.5, 0.6) is 0 Å². The van der Waals surface area contributed by atoms with Crippen molar-refractivity contribution in [3.8, 4) is 5.69 Å². The van der Waals surface area contributed by atoms with E-state index in [9.17, 15) is 4.79 Å². The highest BCUT2D eigenvalue weighted by Crippen LogP contribution is 2.36. The number of nitrogens with zero attached hydrogens (tertiary/aromatic N) is 2. The van der Waals surface area contributed by atoms with Gasteiger partial charge in [0.1, 0.15) is 10.3 Å². The second kappa shape index (κ2) is 7.41. The van der Waals surface area contributed by atoms with Gasteiger partial charge in [0.25, 0.3) is 0 Å². The predicted octanol–water partition coefficient (Wildman–Crippen LogP) is 5.19. The molecule has 0 spiro atoms. The fourth-order valence-electron chi connectivity index (χ4n) is 3.36. The van der Waals surface area contributed by atoms with E-state index in [-0.39, 0.29) is 11.0 Å². The molecule has 0 amide bonds. The van der Waals surface area contributed by atoms with Crippen molar-refractivity contribution in [3.63, 3.8) is 0 Å². The number of fused-ring (bicyclic) bond motifs is 2. The number of para-hydroxylation sites is 1. The second-order valence-electron chi connectivity index (χ2n) is 7.17. The topological polar surface area (TPSA) is 44.1 Å². The molecular weight excluding hydrogens is 376 g/mol. The van der Waals surface area contributed by atoms with Gasteiger partial charge >= 0.3 is 0 Å². The highest BCUT2D eigenvalue weighted by molar-refractivity contribution is 7.99. The summed E-state index contributed by atoms with van der Waals surface area (Å²) in [5.41, 5.74) is 2.36. The Labute approximate surface area is 167 Å². The van der Waals surface area contributed by atoms with Crippen LogP contribution in [-0.2, 0) is 17.8 Å². The van der Waals surface area contributed by atoms with E-state index < -0.39 is 0 Å². The Morgan fingerprint density at radius 3 is 2.78 bits per heavy atom. The van der Waals surface area contributed by atoms with Gasteiger partial charge in [-0.1, -0.05) is 43.8 Å². The summed E-state index contributed by atoms with van der Waals surface area (Å²) in [6.07, 6.45) is 2.62. The third-order valence-electron chi connectivity index (χ3n) is 5.15. The third kappa shape index (κ3) is 3.35. The maximum Gasteiger partial charge on any atom is 0.211 e. The highest BCUT2D eigenvalue weighted by Gasteiger charge is 2.33. The molecule has 4 nitrogen and oxygen atoms in total. The van der Waals surface area contributed by atoms with Gasteiger partial charge in [-0.3, -0.25) is 9.36 Å². The number of rotatable bonds is 5. The van der Waals surface area contributed by atoms with Crippen LogP contribution in [0.1, 0.15) is 44.1 Å². The summed E-state index contributed by atoms with van der Waals surface area (Å²) in [5.74, 6) is 0.978. The second-order valence-corrected chi connectivity index (χ2v) is 9.32. The average Bonchev–Trinajstić information content (AvgIpc) is 3.06. The summed E-state index contributed by atoms with van der Waals surface area (Å²) in [5, 5.41) is 0.896. The first-order chi connectivity index (χ1) is 13.1. The zero-order valence-electron chi connectivity index (χ0n) is 15.9. The Morgan fingerprint density at radius 1 is 1.30 bits per heavy atom. The fourth-order valence-corrected chi connectivity index (χ4v) is 5.44. The standard InChI is InChI=1S/C21H24N2O2S2/c1-4-11-26-20-22-17-18(24)15-12-21(3,5-2)25-13-16(15)27-19(17)23(20)14-9-7-6-8-10-14/h6-10H,4-5,11-13H2,1-3H3. The van der Waals surface area contributed by atoms with Crippen molar-refractivity contribution in [3.05, 3.63) is 51.0 Å². The quantitative estimate of drug-likeness (QED) is 0.553. The van der Waals surface area contributed by atoms with Crippen LogP contribution < -0.4 is 5.43 Å². The van der Waals surface area contributed by atoms with Crippen LogP contribution in [0.4, 0.5) is 0 Å². The maximum absolute atomic E-state index is 13.3. The lowest BCUT2D eigenvalue weighted by Crippen LogP contribution is -2.37. The molecule has 0 radical (unpaired) electrons. The first-order valence-corrected chi connectivity index (χ1v) is 11.3. The van der Waals surface area contributed by atoms with Crippen LogP contribution in [0.2, 0.25) is 0 Å². The molecule has 6 heteroatoms. The minimum absolute atomic E-state index is 0.0785. The number of aromatic nitrogens is 2. The third-order valence-corrected chi connectivity index (χ3v) is 7.47. The Hall–Kier alpha value is -1.63. The molecule has 3 aromatic rings. The molecule has 0 fully saturated rings.